The third-order valence-corrected chi connectivity index (χ3v) is 5.69. The number of ether oxygens (including phenoxy) is 1. The summed E-state index contributed by atoms with van der Waals surface area (Å²) in [6, 6.07) is -0.0390. The highest BCUT2D eigenvalue weighted by atomic mass is 32.2. The first kappa shape index (κ1) is 38.6. The second-order valence-electron chi connectivity index (χ2n) is 8.56. The van der Waals surface area contributed by atoms with E-state index in [2.05, 4.69) is 29.9 Å². The first-order valence-corrected chi connectivity index (χ1v) is 14.0. The van der Waals surface area contributed by atoms with Crippen molar-refractivity contribution in [3.63, 3.8) is 0 Å². The molecule has 1 unspecified atom stereocenters. The van der Waals surface area contributed by atoms with Crippen molar-refractivity contribution in [3.05, 3.63) is 60.3 Å². The minimum absolute atomic E-state index is 0.0390. The smallest absolute Gasteiger partial charge is 0.392 e. The van der Waals surface area contributed by atoms with E-state index in [1.165, 1.54) is 17.8 Å². The number of carboxylic acid groups (broad SMARTS) is 1. The monoisotopic (exact) mass is 570 g/mol. The van der Waals surface area contributed by atoms with Crippen molar-refractivity contribution < 1.29 is 27.8 Å². The van der Waals surface area contributed by atoms with Crippen LogP contribution in [0.1, 0.15) is 53.4 Å². The van der Waals surface area contributed by atoms with Crippen molar-refractivity contribution >= 4 is 22.8 Å². The molecule has 0 heterocycles. The molecule has 0 radical (unpaired) electrons. The Morgan fingerprint density at radius 3 is 2.51 bits per heavy atom. The fraction of sp³-hybridized carbons (Fsp3) is 0.533. The van der Waals surface area contributed by atoms with E-state index in [0.717, 1.165) is 55.6 Å². The Morgan fingerprint density at radius 2 is 1.97 bits per heavy atom. The molecule has 0 aromatic carbocycles. The van der Waals surface area contributed by atoms with Gasteiger partial charge in [0, 0.05) is 18.7 Å². The van der Waals surface area contributed by atoms with Crippen LogP contribution < -0.4 is 0 Å². The van der Waals surface area contributed by atoms with Crippen LogP contribution in [0.3, 0.4) is 0 Å². The second kappa shape index (κ2) is 24.5. The molecular formula is C30H45F3N2O3S. The lowest BCUT2D eigenvalue weighted by atomic mass is 10.1. The first-order chi connectivity index (χ1) is 18.4. The summed E-state index contributed by atoms with van der Waals surface area (Å²) in [7, 11) is 0. The van der Waals surface area contributed by atoms with Gasteiger partial charge in [-0.3, -0.25) is 4.99 Å². The number of aliphatic carboxylic acids is 1. The van der Waals surface area contributed by atoms with Crippen molar-refractivity contribution in [2.75, 3.05) is 39.1 Å². The highest BCUT2D eigenvalue weighted by molar-refractivity contribution is 8.13. The van der Waals surface area contributed by atoms with Crippen LogP contribution in [0.2, 0.25) is 0 Å². The summed E-state index contributed by atoms with van der Waals surface area (Å²) < 4.78 is 42.6. The lowest BCUT2D eigenvalue weighted by molar-refractivity contribution is -0.141. The van der Waals surface area contributed by atoms with Gasteiger partial charge in [0.2, 0.25) is 0 Å². The maximum atomic E-state index is 12.5. The molecule has 0 rings (SSSR count). The van der Waals surface area contributed by atoms with Gasteiger partial charge in [-0.15, -0.1) is 24.1 Å². The van der Waals surface area contributed by atoms with Gasteiger partial charge in [0.05, 0.1) is 24.1 Å². The molecule has 220 valence electrons. The SMILES string of the molecule is C#CC.C=C/C=C/CCN(CCC/C(C)=C/COCC(=O)O)CC(C)N=C(SC)C(/C=C\CC(F)(F)F)=C/C. The van der Waals surface area contributed by atoms with Crippen LogP contribution in [0, 0.1) is 12.3 Å². The Bertz CT molecular complexity index is 885. The van der Waals surface area contributed by atoms with Crippen LogP contribution in [-0.2, 0) is 9.53 Å². The lowest BCUT2D eigenvalue weighted by Crippen LogP contribution is -2.32. The zero-order valence-corrected chi connectivity index (χ0v) is 24.8. The number of carboxylic acids is 1. The third-order valence-electron chi connectivity index (χ3n) is 4.96. The van der Waals surface area contributed by atoms with Gasteiger partial charge >= 0.3 is 12.1 Å². The zero-order valence-electron chi connectivity index (χ0n) is 24.0. The standard InChI is InChI=1S/C27H41F3N2O3S.C3H4/c1-6-8-9-10-17-32(18-12-13-22(3)15-19-35-21-25(33)34)20-23(4)31-26(36-5)24(7-2)14-11-16-27(28,29)30;1-3-2/h6-9,11,14-15,23H,1,10,12-13,16-21H2,2-5H3,(H,33,34);1H,2H3/b9-8+,14-11-,22-15+,24-7+,31-26?;. The number of hydrogen-bond acceptors (Lipinski definition) is 5. The highest BCUT2D eigenvalue weighted by Crippen LogP contribution is 2.21. The number of alkyl halides is 3. The molecular weight excluding hydrogens is 525 g/mol. The summed E-state index contributed by atoms with van der Waals surface area (Å²) in [5.74, 6) is 1.27. The van der Waals surface area contributed by atoms with Crippen LogP contribution in [-0.4, -0.2) is 72.3 Å². The number of allylic oxidation sites excluding steroid dienone is 6. The Kier molecular flexibility index (Phi) is 24.2. The number of thioether (sulfide) groups is 1. The molecule has 0 aromatic heterocycles. The number of nitrogens with zero attached hydrogens (tertiary/aromatic N) is 2. The molecule has 0 amide bonds. The molecule has 0 aliphatic carbocycles. The molecule has 0 aromatic rings. The normalized spacial score (nSPS) is 13.9. The van der Waals surface area contributed by atoms with Crippen molar-refractivity contribution in [1.29, 1.82) is 0 Å². The van der Waals surface area contributed by atoms with Crippen molar-refractivity contribution in [2.24, 2.45) is 4.99 Å². The first-order valence-electron chi connectivity index (χ1n) is 12.8. The van der Waals surface area contributed by atoms with Crippen LogP contribution in [0.4, 0.5) is 13.2 Å². The summed E-state index contributed by atoms with van der Waals surface area (Å²) >= 11 is 1.43. The number of halogens is 3. The Morgan fingerprint density at radius 1 is 1.31 bits per heavy atom. The quantitative estimate of drug-likeness (QED) is 0.0462. The van der Waals surface area contributed by atoms with Gasteiger partial charge in [0.15, 0.2) is 0 Å². The number of carbonyl (C=O) groups is 1. The predicted molar refractivity (Wildman–Crippen MR) is 160 cm³/mol. The Hall–Kier alpha value is -2.54. The lowest BCUT2D eigenvalue weighted by Gasteiger charge is -2.24. The largest absolute Gasteiger partial charge is 0.480 e. The summed E-state index contributed by atoms with van der Waals surface area (Å²) in [5, 5.41) is 9.34. The van der Waals surface area contributed by atoms with E-state index >= 15 is 0 Å². The summed E-state index contributed by atoms with van der Waals surface area (Å²) in [6.07, 6.45) is 16.0. The third kappa shape index (κ3) is 25.5. The molecule has 1 N–H and O–H groups in total. The molecule has 39 heavy (non-hydrogen) atoms. The molecule has 0 aliphatic heterocycles. The fourth-order valence-electron chi connectivity index (χ4n) is 3.25. The molecule has 0 saturated heterocycles. The Labute approximate surface area is 237 Å². The van der Waals surface area contributed by atoms with E-state index in [9.17, 15) is 18.0 Å². The van der Waals surface area contributed by atoms with Gasteiger partial charge in [-0.05, 0) is 59.8 Å². The number of hydrogen-bond donors (Lipinski definition) is 1. The van der Waals surface area contributed by atoms with E-state index in [4.69, 9.17) is 14.8 Å². The predicted octanol–water partition coefficient (Wildman–Crippen LogP) is 7.49. The molecule has 0 bridgehead atoms. The number of aliphatic imine (C=N–C) groups is 1. The topological polar surface area (TPSA) is 62.1 Å². The summed E-state index contributed by atoms with van der Waals surface area (Å²) in [4.78, 5) is 17.6. The van der Waals surface area contributed by atoms with Crippen LogP contribution in [0.25, 0.3) is 0 Å². The number of rotatable bonds is 18. The minimum atomic E-state index is -4.22. The molecule has 0 fully saturated rings. The average molecular weight is 571 g/mol. The number of terminal acetylenes is 1. The van der Waals surface area contributed by atoms with E-state index in [1.807, 2.05) is 32.3 Å². The van der Waals surface area contributed by atoms with Crippen molar-refractivity contribution in [1.82, 2.24) is 4.90 Å². The van der Waals surface area contributed by atoms with Gasteiger partial charge in [-0.25, -0.2) is 4.79 Å². The van der Waals surface area contributed by atoms with Gasteiger partial charge < -0.3 is 14.7 Å². The molecule has 0 aliphatic rings. The summed E-state index contributed by atoms with van der Waals surface area (Å²) in [5.41, 5.74) is 1.83. The van der Waals surface area contributed by atoms with Crippen molar-refractivity contribution in [3.8, 4) is 12.3 Å². The molecule has 1 atom stereocenters. The summed E-state index contributed by atoms with van der Waals surface area (Å²) in [6.45, 7) is 13.6. The molecule has 0 spiro atoms. The van der Waals surface area contributed by atoms with Crippen LogP contribution >= 0.6 is 11.8 Å². The minimum Gasteiger partial charge on any atom is -0.480 e. The van der Waals surface area contributed by atoms with Crippen LogP contribution in [0.15, 0.2) is 65.2 Å². The van der Waals surface area contributed by atoms with Gasteiger partial charge in [0.25, 0.3) is 0 Å². The fourth-order valence-corrected chi connectivity index (χ4v) is 3.95. The highest BCUT2D eigenvalue weighted by Gasteiger charge is 2.24. The van der Waals surface area contributed by atoms with Gasteiger partial charge in [-0.1, -0.05) is 54.7 Å². The van der Waals surface area contributed by atoms with Gasteiger partial charge in [0.1, 0.15) is 6.61 Å². The zero-order chi connectivity index (χ0) is 30.1. The van der Waals surface area contributed by atoms with E-state index in [-0.39, 0.29) is 19.3 Å². The van der Waals surface area contributed by atoms with Gasteiger partial charge in [-0.2, -0.15) is 13.2 Å². The van der Waals surface area contributed by atoms with Crippen LogP contribution in [0.5, 0.6) is 0 Å². The molecule has 0 saturated carbocycles. The van der Waals surface area contributed by atoms with Crippen molar-refractivity contribution in [2.45, 2.75) is 65.6 Å². The van der Waals surface area contributed by atoms with E-state index < -0.39 is 18.6 Å². The average Bonchev–Trinajstić information content (AvgIpc) is 2.85. The maximum Gasteiger partial charge on any atom is 0.392 e. The Balaban J connectivity index is 0. The second-order valence-corrected chi connectivity index (χ2v) is 9.35. The van der Waals surface area contributed by atoms with E-state index in [0.29, 0.717) is 5.57 Å². The molecule has 9 heteroatoms. The van der Waals surface area contributed by atoms with E-state index in [1.54, 1.807) is 26.0 Å². The molecule has 5 nitrogen and oxygen atoms in total. The maximum absolute atomic E-state index is 12.5.